The van der Waals surface area contributed by atoms with Gasteiger partial charge in [-0.15, -0.1) is 5.10 Å². The highest BCUT2D eigenvalue weighted by atomic mass is 16.4. The Morgan fingerprint density at radius 2 is 2.28 bits per heavy atom. The molecule has 1 aromatic heterocycles. The number of carboxylic acids is 1. The largest absolute Gasteiger partial charge is 0.478 e. The zero-order valence-electron chi connectivity index (χ0n) is 10.2. The van der Waals surface area contributed by atoms with Gasteiger partial charge < -0.3 is 5.11 Å². The molecule has 1 atom stereocenters. The van der Waals surface area contributed by atoms with Gasteiger partial charge in [0.1, 0.15) is 5.52 Å². The Morgan fingerprint density at radius 3 is 2.89 bits per heavy atom. The van der Waals surface area contributed by atoms with Crippen LogP contribution in [0.15, 0.2) is 18.2 Å². The van der Waals surface area contributed by atoms with Gasteiger partial charge in [0.25, 0.3) is 0 Å². The van der Waals surface area contributed by atoms with Crippen molar-refractivity contribution >= 4 is 17.0 Å². The summed E-state index contributed by atoms with van der Waals surface area (Å²) in [4.78, 5) is 10.9. The molecular formula is C13H15N3O2. The molecule has 94 valence electrons. The van der Waals surface area contributed by atoms with Crippen molar-refractivity contribution in [2.24, 2.45) is 5.92 Å². The van der Waals surface area contributed by atoms with Crippen molar-refractivity contribution in [2.75, 3.05) is 0 Å². The minimum Gasteiger partial charge on any atom is -0.478 e. The summed E-state index contributed by atoms with van der Waals surface area (Å²) in [6.07, 6.45) is 3.79. The summed E-state index contributed by atoms with van der Waals surface area (Å²) in [5, 5.41) is 17.2. The van der Waals surface area contributed by atoms with Crippen molar-refractivity contribution in [1.82, 2.24) is 15.0 Å². The van der Waals surface area contributed by atoms with Crippen LogP contribution in [-0.2, 0) is 0 Å². The molecule has 1 unspecified atom stereocenters. The zero-order chi connectivity index (χ0) is 12.7. The zero-order valence-corrected chi connectivity index (χ0v) is 10.2. The van der Waals surface area contributed by atoms with E-state index in [1.807, 2.05) is 4.68 Å². The van der Waals surface area contributed by atoms with Crippen LogP contribution in [0.5, 0.6) is 0 Å². The Kier molecular flexibility index (Phi) is 2.54. The summed E-state index contributed by atoms with van der Waals surface area (Å²) in [5.74, 6) is -0.257. The highest BCUT2D eigenvalue weighted by Gasteiger charge is 2.26. The molecule has 18 heavy (non-hydrogen) atoms. The number of hydrogen-bond donors (Lipinski definition) is 1. The molecule has 0 aliphatic heterocycles. The second kappa shape index (κ2) is 4.08. The molecule has 0 saturated heterocycles. The van der Waals surface area contributed by atoms with Crippen molar-refractivity contribution < 1.29 is 9.90 Å². The van der Waals surface area contributed by atoms with Crippen LogP contribution in [0.25, 0.3) is 11.0 Å². The molecule has 1 aliphatic carbocycles. The summed E-state index contributed by atoms with van der Waals surface area (Å²) in [5.41, 5.74) is 1.83. The van der Waals surface area contributed by atoms with E-state index in [0.717, 1.165) is 5.52 Å². The van der Waals surface area contributed by atoms with Crippen LogP contribution in [0.3, 0.4) is 0 Å². The first-order valence-electron chi connectivity index (χ1n) is 6.25. The van der Waals surface area contributed by atoms with Crippen molar-refractivity contribution in [3.8, 4) is 0 Å². The summed E-state index contributed by atoms with van der Waals surface area (Å²) in [6.45, 7) is 2.16. The number of fused-ring (bicyclic) bond motifs is 1. The van der Waals surface area contributed by atoms with E-state index in [0.29, 0.717) is 17.5 Å². The lowest BCUT2D eigenvalue weighted by molar-refractivity contribution is 0.0697. The first-order valence-corrected chi connectivity index (χ1v) is 6.25. The minimum atomic E-state index is -0.932. The topological polar surface area (TPSA) is 68.0 Å². The van der Waals surface area contributed by atoms with Crippen LogP contribution in [0.2, 0.25) is 0 Å². The molecule has 1 fully saturated rings. The fourth-order valence-electron chi connectivity index (χ4n) is 2.50. The van der Waals surface area contributed by atoms with E-state index in [9.17, 15) is 4.79 Å². The van der Waals surface area contributed by atoms with Gasteiger partial charge in [-0.05, 0) is 43.9 Å². The second-order valence-corrected chi connectivity index (χ2v) is 4.97. The number of aromatic nitrogens is 3. The average molecular weight is 245 g/mol. The molecule has 0 spiro atoms. The SMILES string of the molecule is CC(C1CCC1)n1nnc2cc(C(=O)O)ccc21. The van der Waals surface area contributed by atoms with Gasteiger partial charge >= 0.3 is 5.97 Å². The van der Waals surface area contributed by atoms with Gasteiger partial charge in [0.05, 0.1) is 17.1 Å². The third-order valence-corrected chi connectivity index (χ3v) is 3.94. The number of rotatable bonds is 3. The Bertz CT molecular complexity index is 601. The number of carbonyl (C=O) groups is 1. The fraction of sp³-hybridized carbons (Fsp3) is 0.462. The third-order valence-electron chi connectivity index (χ3n) is 3.94. The van der Waals surface area contributed by atoms with Crippen LogP contribution in [0, 0.1) is 5.92 Å². The normalized spacial score (nSPS) is 17.6. The maximum Gasteiger partial charge on any atom is 0.335 e. The molecule has 2 aromatic rings. The first-order chi connectivity index (χ1) is 8.66. The van der Waals surface area contributed by atoms with Crippen molar-refractivity contribution in [3.05, 3.63) is 23.8 Å². The van der Waals surface area contributed by atoms with Gasteiger partial charge in [-0.3, -0.25) is 0 Å². The van der Waals surface area contributed by atoms with E-state index in [1.54, 1.807) is 18.2 Å². The highest BCUT2D eigenvalue weighted by Crippen LogP contribution is 2.36. The predicted octanol–water partition coefficient (Wildman–Crippen LogP) is 2.49. The van der Waals surface area contributed by atoms with Crippen LogP contribution in [-0.4, -0.2) is 26.1 Å². The number of hydrogen-bond acceptors (Lipinski definition) is 3. The van der Waals surface area contributed by atoms with Crippen molar-refractivity contribution in [2.45, 2.75) is 32.2 Å². The molecule has 1 heterocycles. The summed E-state index contributed by atoms with van der Waals surface area (Å²) in [7, 11) is 0. The number of benzene rings is 1. The van der Waals surface area contributed by atoms with Crippen LogP contribution in [0.1, 0.15) is 42.6 Å². The standard InChI is InChI=1S/C13H15N3O2/c1-8(9-3-2-4-9)16-12-6-5-10(13(17)18)7-11(12)14-15-16/h5-9H,2-4H2,1H3,(H,17,18). The molecule has 1 saturated carbocycles. The maximum atomic E-state index is 10.9. The van der Waals surface area contributed by atoms with E-state index in [1.165, 1.54) is 19.3 Å². The molecule has 5 nitrogen and oxygen atoms in total. The lowest BCUT2D eigenvalue weighted by Gasteiger charge is -2.31. The summed E-state index contributed by atoms with van der Waals surface area (Å²) < 4.78 is 1.92. The molecule has 1 aromatic carbocycles. The van der Waals surface area contributed by atoms with E-state index in [-0.39, 0.29) is 5.56 Å². The van der Waals surface area contributed by atoms with Gasteiger partial charge in [-0.2, -0.15) is 0 Å². The predicted molar refractivity (Wildman–Crippen MR) is 66.5 cm³/mol. The first kappa shape index (κ1) is 11.2. The lowest BCUT2D eigenvalue weighted by Crippen LogP contribution is -2.23. The Labute approximate surface area is 104 Å². The highest BCUT2D eigenvalue weighted by molar-refractivity contribution is 5.92. The number of aromatic carboxylic acids is 1. The van der Waals surface area contributed by atoms with Crippen LogP contribution in [0.4, 0.5) is 0 Å². The molecule has 1 aliphatic rings. The molecule has 0 bridgehead atoms. The maximum absolute atomic E-state index is 10.9. The monoisotopic (exact) mass is 245 g/mol. The van der Waals surface area contributed by atoms with Crippen LogP contribution >= 0.6 is 0 Å². The second-order valence-electron chi connectivity index (χ2n) is 4.97. The fourth-order valence-corrected chi connectivity index (χ4v) is 2.50. The van der Waals surface area contributed by atoms with E-state index in [2.05, 4.69) is 17.2 Å². The number of carboxylic acid groups (broad SMARTS) is 1. The van der Waals surface area contributed by atoms with E-state index in [4.69, 9.17) is 5.11 Å². The molecule has 1 N–H and O–H groups in total. The molecule has 5 heteroatoms. The van der Waals surface area contributed by atoms with E-state index < -0.39 is 5.97 Å². The van der Waals surface area contributed by atoms with Gasteiger partial charge in [-0.1, -0.05) is 11.6 Å². The van der Waals surface area contributed by atoms with Gasteiger partial charge in [0, 0.05) is 0 Å². The van der Waals surface area contributed by atoms with Gasteiger partial charge in [0.15, 0.2) is 0 Å². The summed E-state index contributed by atoms with van der Waals surface area (Å²) >= 11 is 0. The molecule has 0 amide bonds. The summed E-state index contributed by atoms with van der Waals surface area (Å²) in [6, 6.07) is 5.32. The molecule has 3 rings (SSSR count). The lowest BCUT2D eigenvalue weighted by atomic mass is 9.80. The quantitative estimate of drug-likeness (QED) is 0.902. The number of nitrogens with zero attached hydrogens (tertiary/aromatic N) is 3. The van der Waals surface area contributed by atoms with Crippen LogP contribution < -0.4 is 0 Å². The van der Waals surface area contributed by atoms with E-state index >= 15 is 0 Å². The van der Waals surface area contributed by atoms with Gasteiger partial charge in [0.2, 0.25) is 0 Å². The van der Waals surface area contributed by atoms with Gasteiger partial charge in [-0.25, -0.2) is 9.48 Å². The minimum absolute atomic E-state index is 0.255. The molecular weight excluding hydrogens is 230 g/mol. The average Bonchev–Trinajstić information content (AvgIpc) is 2.68. The Hall–Kier alpha value is -1.91. The Morgan fingerprint density at radius 1 is 1.50 bits per heavy atom. The Balaban J connectivity index is 2.01. The van der Waals surface area contributed by atoms with Crippen molar-refractivity contribution in [1.29, 1.82) is 0 Å². The molecule has 0 radical (unpaired) electrons. The van der Waals surface area contributed by atoms with Crippen molar-refractivity contribution in [3.63, 3.8) is 0 Å². The smallest absolute Gasteiger partial charge is 0.335 e. The third kappa shape index (κ3) is 1.66.